The van der Waals surface area contributed by atoms with Crippen LogP contribution in [0.3, 0.4) is 0 Å². The second-order valence-electron chi connectivity index (χ2n) is 5.35. The fraction of sp³-hybridized carbons (Fsp3) is 0.846. The van der Waals surface area contributed by atoms with Crippen molar-refractivity contribution in [1.82, 2.24) is 15.5 Å². The van der Waals surface area contributed by atoms with E-state index in [2.05, 4.69) is 29.4 Å². The number of hydrogen-bond acceptors (Lipinski definition) is 4. The maximum atomic E-state index is 11.8. The van der Waals surface area contributed by atoms with Crippen molar-refractivity contribution in [2.45, 2.75) is 32.7 Å². The largest absolute Gasteiger partial charge is 0.383 e. The quantitative estimate of drug-likeness (QED) is 0.634. The van der Waals surface area contributed by atoms with Crippen molar-refractivity contribution in [2.75, 3.05) is 33.4 Å². The van der Waals surface area contributed by atoms with Crippen LogP contribution in [0.5, 0.6) is 0 Å². The number of nitrogens with zero attached hydrogens (tertiary/aromatic N) is 1. The van der Waals surface area contributed by atoms with E-state index in [-0.39, 0.29) is 5.91 Å². The van der Waals surface area contributed by atoms with Gasteiger partial charge in [-0.1, -0.05) is 13.8 Å². The molecule has 0 unspecified atom stereocenters. The highest BCUT2D eigenvalue weighted by molar-refractivity contribution is 5.95. The van der Waals surface area contributed by atoms with Crippen LogP contribution < -0.4 is 10.6 Å². The first-order chi connectivity index (χ1) is 9.02. The molecule has 0 atom stereocenters. The lowest BCUT2D eigenvalue weighted by Crippen LogP contribution is -2.46. The minimum absolute atomic E-state index is 0.248. The van der Waals surface area contributed by atoms with E-state index in [9.17, 15) is 9.59 Å². The van der Waals surface area contributed by atoms with Crippen molar-refractivity contribution >= 4 is 11.9 Å². The summed E-state index contributed by atoms with van der Waals surface area (Å²) in [6.07, 6.45) is 2.31. The van der Waals surface area contributed by atoms with Crippen LogP contribution in [0.1, 0.15) is 26.7 Å². The number of rotatable bonds is 8. The van der Waals surface area contributed by atoms with Gasteiger partial charge in [0.05, 0.1) is 13.2 Å². The summed E-state index contributed by atoms with van der Waals surface area (Å²) in [4.78, 5) is 25.3. The summed E-state index contributed by atoms with van der Waals surface area (Å²) in [5.41, 5.74) is 0. The lowest BCUT2D eigenvalue weighted by Gasteiger charge is -2.23. The first kappa shape index (κ1) is 15.9. The average Bonchev–Trinajstić information content (AvgIpc) is 3.11. The van der Waals surface area contributed by atoms with E-state index < -0.39 is 6.03 Å². The fourth-order valence-corrected chi connectivity index (χ4v) is 1.91. The molecule has 2 N–H and O–H groups in total. The lowest BCUT2D eigenvalue weighted by molar-refractivity contribution is -0.121. The molecule has 0 bridgehead atoms. The summed E-state index contributed by atoms with van der Waals surface area (Å²) < 4.78 is 4.81. The van der Waals surface area contributed by atoms with Crippen LogP contribution in [0.15, 0.2) is 0 Å². The lowest BCUT2D eigenvalue weighted by atomic mass is 10.2. The first-order valence-corrected chi connectivity index (χ1v) is 6.83. The molecule has 6 nitrogen and oxygen atoms in total. The van der Waals surface area contributed by atoms with Gasteiger partial charge in [0.2, 0.25) is 5.91 Å². The third kappa shape index (κ3) is 7.12. The van der Waals surface area contributed by atoms with E-state index in [0.717, 1.165) is 19.4 Å². The van der Waals surface area contributed by atoms with Gasteiger partial charge in [0, 0.05) is 26.2 Å². The molecule has 0 saturated heterocycles. The molecule has 1 aliphatic rings. The van der Waals surface area contributed by atoms with E-state index in [1.165, 1.54) is 0 Å². The van der Waals surface area contributed by atoms with Crippen LogP contribution in [0, 0.1) is 5.92 Å². The molecule has 0 aliphatic heterocycles. The highest BCUT2D eigenvalue weighted by Crippen LogP contribution is 2.27. The zero-order valence-electron chi connectivity index (χ0n) is 12.1. The average molecular weight is 271 g/mol. The maximum Gasteiger partial charge on any atom is 0.321 e. The molecule has 0 aromatic rings. The number of amides is 3. The van der Waals surface area contributed by atoms with Gasteiger partial charge in [-0.05, 0) is 18.8 Å². The Bertz CT molecular complexity index is 304. The summed E-state index contributed by atoms with van der Waals surface area (Å²) in [6, 6.07) is 0.0621. The summed E-state index contributed by atoms with van der Waals surface area (Å²) in [5, 5.41) is 4.90. The van der Waals surface area contributed by atoms with E-state index >= 15 is 0 Å². The van der Waals surface area contributed by atoms with Crippen LogP contribution in [-0.4, -0.2) is 56.2 Å². The van der Waals surface area contributed by atoms with E-state index in [0.29, 0.717) is 31.7 Å². The fourth-order valence-electron chi connectivity index (χ4n) is 1.91. The predicted octanol–water partition coefficient (Wildman–Crippen LogP) is 0.579. The number of methoxy groups -OCH3 is 1. The van der Waals surface area contributed by atoms with Crippen molar-refractivity contribution in [3.8, 4) is 0 Å². The molecule has 0 spiro atoms. The van der Waals surface area contributed by atoms with Gasteiger partial charge in [0.1, 0.15) is 0 Å². The second kappa shape index (κ2) is 8.12. The highest BCUT2D eigenvalue weighted by Gasteiger charge is 2.30. The topological polar surface area (TPSA) is 70.7 Å². The van der Waals surface area contributed by atoms with E-state index in [1.54, 1.807) is 7.11 Å². The van der Waals surface area contributed by atoms with Crippen molar-refractivity contribution in [2.24, 2.45) is 5.92 Å². The minimum Gasteiger partial charge on any atom is -0.383 e. The van der Waals surface area contributed by atoms with E-state index in [1.807, 2.05) is 0 Å². The van der Waals surface area contributed by atoms with Gasteiger partial charge < -0.3 is 10.1 Å². The Labute approximate surface area is 114 Å². The summed E-state index contributed by atoms with van der Waals surface area (Å²) in [6.45, 7) is 6.27. The molecule has 1 rings (SSSR count). The maximum absolute atomic E-state index is 11.8. The zero-order chi connectivity index (χ0) is 14.3. The number of nitrogens with one attached hydrogen (secondary N) is 2. The Morgan fingerprint density at radius 2 is 2.05 bits per heavy atom. The molecule has 0 radical (unpaired) electrons. The van der Waals surface area contributed by atoms with Crippen molar-refractivity contribution in [1.29, 1.82) is 0 Å². The van der Waals surface area contributed by atoms with Gasteiger partial charge in [-0.3, -0.25) is 15.0 Å². The number of carbonyl (C=O) groups is 2. The van der Waals surface area contributed by atoms with Crippen LogP contribution >= 0.6 is 0 Å². The SMILES string of the molecule is COCCNC(=O)NC(=O)CN(CC(C)C)C1CC1. The van der Waals surface area contributed by atoms with Crippen molar-refractivity contribution < 1.29 is 14.3 Å². The summed E-state index contributed by atoms with van der Waals surface area (Å²) in [7, 11) is 1.56. The monoisotopic (exact) mass is 271 g/mol. The Balaban J connectivity index is 2.25. The second-order valence-corrected chi connectivity index (χ2v) is 5.35. The summed E-state index contributed by atoms with van der Waals surface area (Å²) in [5.74, 6) is 0.270. The summed E-state index contributed by atoms with van der Waals surface area (Å²) >= 11 is 0. The molecule has 19 heavy (non-hydrogen) atoms. The number of urea groups is 1. The van der Waals surface area contributed by atoms with Gasteiger partial charge in [0.15, 0.2) is 0 Å². The molecule has 3 amide bonds. The molecule has 0 aromatic heterocycles. The van der Waals surface area contributed by atoms with Crippen LogP contribution in [0.2, 0.25) is 0 Å². The normalized spacial score (nSPS) is 14.8. The minimum atomic E-state index is -0.456. The molecule has 110 valence electrons. The first-order valence-electron chi connectivity index (χ1n) is 6.83. The van der Waals surface area contributed by atoms with Crippen molar-refractivity contribution in [3.63, 3.8) is 0 Å². The molecule has 0 heterocycles. The Kier molecular flexibility index (Phi) is 6.80. The number of ether oxygens (including phenoxy) is 1. The van der Waals surface area contributed by atoms with Crippen LogP contribution in [-0.2, 0) is 9.53 Å². The molecule has 1 fully saturated rings. The molecular weight excluding hydrogens is 246 g/mol. The molecular formula is C13H25N3O3. The third-order valence-corrected chi connectivity index (χ3v) is 2.85. The van der Waals surface area contributed by atoms with Crippen LogP contribution in [0.25, 0.3) is 0 Å². The molecule has 1 saturated carbocycles. The number of carbonyl (C=O) groups excluding carboxylic acids is 2. The van der Waals surface area contributed by atoms with Crippen molar-refractivity contribution in [3.05, 3.63) is 0 Å². The predicted molar refractivity (Wildman–Crippen MR) is 72.9 cm³/mol. The molecule has 0 aromatic carbocycles. The highest BCUT2D eigenvalue weighted by atomic mass is 16.5. The van der Waals surface area contributed by atoms with Gasteiger partial charge in [-0.25, -0.2) is 4.79 Å². The van der Waals surface area contributed by atoms with E-state index in [4.69, 9.17) is 4.74 Å². The third-order valence-electron chi connectivity index (χ3n) is 2.85. The number of hydrogen-bond donors (Lipinski definition) is 2. The Hall–Kier alpha value is -1.14. The van der Waals surface area contributed by atoms with Gasteiger partial charge in [-0.15, -0.1) is 0 Å². The molecule has 6 heteroatoms. The zero-order valence-corrected chi connectivity index (χ0v) is 12.1. The van der Waals surface area contributed by atoms with Crippen LogP contribution in [0.4, 0.5) is 4.79 Å². The van der Waals surface area contributed by atoms with Gasteiger partial charge >= 0.3 is 6.03 Å². The number of imide groups is 1. The Morgan fingerprint density at radius 3 is 2.58 bits per heavy atom. The smallest absolute Gasteiger partial charge is 0.321 e. The Morgan fingerprint density at radius 1 is 1.37 bits per heavy atom. The van der Waals surface area contributed by atoms with Gasteiger partial charge in [0.25, 0.3) is 0 Å². The van der Waals surface area contributed by atoms with Gasteiger partial charge in [-0.2, -0.15) is 0 Å². The molecule has 1 aliphatic carbocycles. The standard InChI is InChI=1S/C13H25N3O3/c1-10(2)8-16(11-4-5-11)9-12(17)15-13(18)14-6-7-19-3/h10-11H,4-9H2,1-3H3,(H2,14,15,17,18).